The van der Waals surface area contributed by atoms with Crippen molar-refractivity contribution in [2.24, 2.45) is 0 Å². The number of rotatable bonds is 5. The smallest absolute Gasteiger partial charge is 0.164 e. The zero-order chi connectivity index (χ0) is 36.3. The van der Waals surface area contributed by atoms with Gasteiger partial charge in [-0.25, -0.2) is 9.97 Å². The highest BCUT2D eigenvalue weighted by atomic mass is 15.1. The quantitative estimate of drug-likeness (QED) is 0.167. The maximum Gasteiger partial charge on any atom is 0.164 e. The van der Waals surface area contributed by atoms with E-state index >= 15 is 0 Å². The molecule has 0 bridgehead atoms. The second-order valence-electron chi connectivity index (χ2n) is 14.2. The van der Waals surface area contributed by atoms with Crippen molar-refractivity contribution in [2.75, 3.05) is 0 Å². The Balaban J connectivity index is 1.13. The van der Waals surface area contributed by atoms with Crippen LogP contribution in [0.4, 0.5) is 0 Å². The van der Waals surface area contributed by atoms with Gasteiger partial charge in [0.2, 0.25) is 0 Å². The van der Waals surface area contributed by atoms with Gasteiger partial charge in [0.15, 0.2) is 5.65 Å². The van der Waals surface area contributed by atoms with E-state index in [1.165, 1.54) is 65.3 Å². The van der Waals surface area contributed by atoms with Crippen LogP contribution in [0, 0.1) is 0 Å². The van der Waals surface area contributed by atoms with Gasteiger partial charge in [0.25, 0.3) is 0 Å². The molecule has 11 rings (SSSR count). The van der Waals surface area contributed by atoms with Crippen LogP contribution in [0.3, 0.4) is 0 Å². The topological polar surface area (TPSA) is 30.7 Å². The number of hydrogen-bond acceptors (Lipinski definition) is 2. The summed E-state index contributed by atoms with van der Waals surface area (Å²) in [5, 5.41) is 9.92. The summed E-state index contributed by atoms with van der Waals surface area (Å²) in [7, 11) is 0. The number of imidazole rings is 1. The molecule has 3 nitrogen and oxygen atoms in total. The van der Waals surface area contributed by atoms with Gasteiger partial charge in [-0.15, -0.1) is 0 Å². The molecular weight excluding hydrogens is 667 g/mol. The van der Waals surface area contributed by atoms with Crippen molar-refractivity contribution in [2.45, 2.75) is 0 Å². The third kappa shape index (κ3) is 5.20. The minimum absolute atomic E-state index is 0.841. The van der Waals surface area contributed by atoms with Gasteiger partial charge in [-0.2, -0.15) is 0 Å². The van der Waals surface area contributed by atoms with Gasteiger partial charge in [0, 0.05) is 17.4 Å². The van der Waals surface area contributed by atoms with Crippen molar-refractivity contribution in [3.8, 4) is 50.5 Å². The molecule has 0 aliphatic carbocycles. The number of aromatic nitrogens is 3. The molecule has 2 aromatic heterocycles. The predicted molar refractivity (Wildman–Crippen MR) is 231 cm³/mol. The molecule has 0 atom stereocenters. The third-order valence-electron chi connectivity index (χ3n) is 11.0. The van der Waals surface area contributed by atoms with E-state index in [2.05, 4.69) is 180 Å². The monoisotopic (exact) mass is 699 g/mol. The van der Waals surface area contributed by atoms with Crippen LogP contribution in [0.25, 0.3) is 105 Å². The second-order valence-corrected chi connectivity index (χ2v) is 14.2. The van der Waals surface area contributed by atoms with E-state index in [0.29, 0.717) is 0 Å². The SMILES string of the molecule is c1ccc(-c2nc3cccnc3n2-c2ccc(-c3ccc4c(-c5ccc6ccccc6c5)c5ccccc5c(-c5ccc6ccccc6c5)c4c3)cc2)cc1. The first-order valence-electron chi connectivity index (χ1n) is 18.7. The van der Waals surface area contributed by atoms with E-state index in [4.69, 9.17) is 9.97 Å². The van der Waals surface area contributed by atoms with Crippen molar-refractivity contribution >= 4 is 54.3 Å². The molecule has 256 valence electrons. The van der Waals surface area contributed by atoms with Gasteiger partial charge < -0.3 is 0 Å². The molecule has 0 N–H and O–H groups in total. The maximum absolute atomic E-state index is 5.01. The van der Waals surface area contributed by atoms with E-state index < -0.39 is 0 Å². The van der Waals surface area contributed by atoms with Crippen LogP contribution in [-0.4, -0.2) is 14.5 Å². The van der Waals surface area contributed by atoms with Crippen molar-refractivity contribution in [1.29, 1.82) is 0 Å². The summed E-state index contributed by atoms with van der Waals surface area (Å²) >= 11 is 0. The Hall–Kier alpha value is -7.36. The van der Waals surface area contributed by atoms with Gasteiger partial charge in [-0.05, 0) is 119 Å². The molecule has 0 spiro atoms. The lowest BCUT2D eigenvalue weighted by Crippen LogP contribution is -1.98. The largest absolute Gasteiger partial charge is 0.277 e. The summed E-state index contributed by atoms with van der Waals surface area (Å²) in [5.74, 6) is 0.876. The Morgan fingerprint density at radius 3 is 1.56 bits per heavy atom. The molecule has 0 aliphatic rings. The average molecular weight is 700 g/mol. The van der Waals surface area contributed by atoms with Gasteiger partial charge >= 0.3 is 0 Å². The fourth-order valence-electron chi connectivity index (χ4n) is 8.41. The highest BCUT2D eigenvalue weighted by molar-refractivity contribution is 6.22. The van der Waals surface area contributed by atoms with Gasteiger partial charge in [-0.1, -0.05) is 152 Å². The summed E-state index contributed by atoms with van der Waals surface area (Å²) in [6.07, 6.45) is 1.84. The van der Waals surface area contributed by atoms with Crippen LogP contribution in [0.15, 0.2) is 200 Å². The second kappa shape index (κ2) is 12.6. The molecule has 0 radical (unpaired) electrons. The Morgan fingerprint density at radius 2 is 0.891 bits per heavy atom. The van der Waals surface area contributed by atoms with E-state index in [1.807, 2.05) is 24.4 Å². The van der Waals surface area contributed by atoms with E-state index in [0.717, 1.165) is 39.4 Å². The normalized spacial score (nSPS) is 11.6. The van der Waals surface area contributed by atoms with Crippen LogP contribution in [0.5, 0.6) is 0 Å². The number of benzene rings is 9. The number of nitrogens with zero attached hydrogens (tertiary/aromatic N) is 3. The van der Waals surface area contributed by atoms with Crippen molar-refractivity contribution in [1.82, 2.24) is 14.5 Å². The van der Waals surface area contributed by atoms with Crippen LogP contribution >= 0.6 is 0 Å². The summed E-state index contributed by atoms with van der Waals surface area (Å²) in [6.45, 7) is 0. The van der Waals surface area contributed by atoms with Crippen LogP contribution in [0.2, 0.25) is 0 Å². The Kier molecular flexibility index (Phi) is 7.17. The average Bonchev–Trinajstić information content (AvgIpc) is 3.65. The highest BCUT2D eigenvalue weighted by Gasteiger charge is 2.19. The first-order chi connectivity index (χ1) is 27.3. The molecule has 2 heterocycles. The number of pyridine rings is 1. The molecule has 0 saturated carbocycles. The summed E-state index contributed by atoms with van der Waals surface area (Å²) < 4.78 is 2.16. The van der Waals surface area contributed by atoms with E-state index in [9.17, 15) is 0 Å². The van der Waals surface area contributed by atoms with Gasteiger partial charge in [0.1, 0.15) is 11.3 Å². The predicted octanol–water partition coefficient (Wildman–Crippen LogP) is 13.7. The van der Waals surface area contributed by atoms with Crippen LogP contribution in [-0.2, 0) is 0 Å². The summed E-state index contributed by atoms with van der Waals surface area (Å²) in [6, 6.07) is 70.1. The summed E-state index contributed by atoms with van der Waals surface area (Å²) in [4.78, 5) is 9.76. The van der Waals surface area contributed by atoms with Crippen LogP contribution < -0.4 is 0 Å². The highest BCUT2D eigenvalue weighted by Crippen LogP contribution is 2.46. The van der Waals surface area contributed by atoms with Crippen LogP contribution in [0.1, 0.15) is 0 Å². The molecule has 55 heavy (non-hydrogen) atoms. The van der Waals surface area contributed by atoms with Crippen molar-refractivity contribution < 1.29 is 0 Å². The van der Waals surface area contributed by atoms with E-state index in [1.54, 1.807) is 0 Å². The molecular formula is C52H33N3. The standard InChI is InChI=1S/C52H33N3/c1-2-13-37(14-3-1)51-54-48-19-10-30-53-52(48)55(51)43-27-24-36(25-28-43)40-26-29-46-47(33-40)50(42-23-21-35-12-5-7-16-39(35)32-42)45-18-9-8-17-44(45)49(46)41-22-20-34-11-4-6-15-38(34)31-41/h1-33H. The molecule has 9 aromatic carbocycles. The summed E-state index contributed by atoms with van der Waals surface area (Å²) in [5.41, 5.74) is 11.0. The Bertz CT molecular complexity index is 3250. The maximum atomic E-state index is 5.01. The zero-order valence-electron chi connectivity index (χ0n) is 29.9. The van der Waals surface area contributed by atoms with Crippen molar-refractivity contribution in [3.05, 3.63) is 200 Å². The first-order valence-corrected chi connectivity index (χ1v) is 18.7. The minimum atomic E-state index is 0.841. The lowest BCUT2D eigenvalue weighted by Gasteiger charge is -2.19. The molecule has 0 saturated heterocycles. The molecule has 0 fully saturated rings. The minimum Gasteiger partial charge on any atom is -0.277 e. The number of hydrogen-bond donors (Lipinski definition) is 0. The molecule has 0 unspecified atom stereocenters. The lowest BCUT2D eigenvalue weighted by atomic mass is 9.84. The van der Waals surface area contributed by atoms with E-state index in [-0.39, 0.29) is 0 Å². The molecule has 3 heteroatoms. The first kappa shape index (κ1) is 31.2. The molecule has 11 aromatic rings. The molecule has 0 aliphatic heterocycles. The van der Waals surface area contributed by atoms with Gasteiger partial charge in [-0.3, -0.25) is 4.57 Å². The Labute approximate surface area is 318 Å². The fourth-order valence-corrected chi connectivity index (χ4v) is 8.41. The lowest BCUT2D eigenvalue weighted by molar-refractivity contribution is 1.08. The third-order valence-corrected chi connectivity index (χ3v) is 11.0. The fraction of sp³-hybridized carbons (Fsp3) is 0. The van der Waals surface area contributed by atoms with Gasteiger partial charge in [0.05, 0.1) is 0 Å². The number of fused-ring (bicyclic) bond motifs is 5. The molecule has 0 amide bonds. The Morgan fingerprint density at radius 1 is 0.345 bits per heavy atom. The van der Waals surface area contributed by atoms with Crippen molar-refractivity contribution in [3.63, 3.8) is 0 Å². The zero-order valence-corrected chi connectivity index (χ0v) is 29.9.